The Labute approximate surface area is 165 Å². The fourth-order valence-corrected chi connectivity index (χ4v) is 4.08. The first kappa shape index (κ1) is 17.7. The Morgan fingerprint density at radius 2 is 1.61 bits per heavy atom. The van der Waals surface area contributed by atoms with Gasteiger partial charge in [-0.3, -0.25) is 9.88 Å². The molecule has 4 heterocycles. The van der Waals surface area contributed by atoms with Gasteiger partial charge in [0.05, 0.1) is 32.1 Å². The molecule has 6 heteroatoms. The summed E-state index contributed by atoms with van der Waals surface area (Å²) in [6.07, 6.45) is 1.89. The molecule has 1 N–H and O–H groups in total. The van der Waals surface area contributed by atoms with E-state index in [2.05, 4.69) is 51.2 Å². The number of pyridine rings is 1. The number of nitrogens with zero attached hydrogens (tertiary/aromatic N) is 3. The van der Waals surface area contributed by atoms with Crippen LogP contribution in [0.3, 0.4) is 0 Å². The Bertz CT molecular complexity index is 925. The van der Waals surface area contributed by atoms with E-state index in [1.165, 1.54) is 16.8 Å². The summed E-state index contributed by atoms with van der Waals surface area (Å²) in [6, 6.07) is 13.1. The van der Waals surface area contributed by atoms with Crippen LogP contribution in [0.2, 0.25) is 0 Å². The van der Waals surface area contributed by atoms with Crippen LogP contribution >= 0.6 is 0 Å². The van der Waals surface area contributed by atoms with Crippen LogP contribution in [0.15, 0.2) is 42.6 Å². The quantitative estimate of drug-likeness (QED) is 0.757. The van der Waals surface area contributed by atoms with E-state index < -0.39 is 0 Å². The van der Waals surface area contributed by atoms with E-state index >= 15 is 0 Å². The number of aromatic amines is 1. The summed E-state index contributed by atoms with van der Waals surface area (Å²) in [5, 5.41) is 1.19. The number of benzene rings is 1. The first-order chi connectivity index (χ1) is 13.9. The van der Waals surface area contributed by atoms with E-state index in [0.29, 0.717) is 0 Å². The van der Waals surface area contributed by atoms with Crippen molar-refractivity contribution in [1.29, 1.82) is 0 Å². The van der Waals surface area contributed by atoms with Gasteiger partial charge in [-0.05, 0) is 24.3 Å². The van der Waals surface area contributed by atoms with Crippen molar-refractivity contribution in [2.24, 2.45) is 0 Å². The zero-order valence-corrected chi connectivity index (χ0v) is 16.1. The summed E-state index contributed by atoms with van der Waals surface area (Å²) >= 11 is 0. The van der Waals surface area contributed by atoms with Crippen molar-refractivity contribution in [2.75, 3.05) is 57.5 Å². The van der Waals surface area contributed by atoms with Crippen LogP contribution < -0.4 is 4.90 Å². The minimum Gasteiger partial charge on any atom is -0.379 e. The number of H-pyrrole nitrogens is 1. The van der Waals surface area contributed by atoms with Gasteiger partial charge in [0.2, 0.25) is 0 Å². The van der Waals surface area contributed by atoms with Crippen molar-refractivity contribution >= 4 is 16.6 Å². The number of fused-ring (bicyclic) bond motifs is 1. The number of aromatic nitrogens is 2. The Balaban J connectivity index is 1.40. The van der Waals surface area contributed by atoms with E-state index in [9.17, 15) is 0 Å². The number of rotatable bonds is 4. The van der Waals surface area contributed by atoms with Gasteiger partial charge in [0, 0.05) is 66.8 Å². The number of morpholine rings is 2. The maximum absolute atomic E-state index is 5.45. The van der Waals surface area contributed by atoms with Crippen molar-refractivity contribution in [2.45, 2.75) is 6.54 Å². The van der Waals surface area contributed by atoms with Gasteiger partial charge in [-0.2, -0.15) is 0 Å². The maximum Gasteiger partial charge on any atom is 0.0795 e. The predicted molar refractivity (Wildman–Crippen MR) is 111 cm³/mol. The smallest absolute Gasteiger partial charge is 0.0795 e. The van der Waals surface area contributed by atoms with Crippen LogP contribution in [-0.2, 0) is 16.0 Å². The molecule has 2 fully saturated rings. The summed E-state index contributed by atoms with van der Waals surface area (Å²) in [5.74, 6) is 0. The van der Waals surface area contributed by atoms with E-state index in [1.54, 1.807) is 0 Å². The third-order valence-corrected chi connectivity index (χ3v) is 5.62. The lowest BCUT2D eigenvalue weighted by Crippen LogP contribution is -2.36. The molecule has 2 aliphatic rings. The summed E-state index contributed by atoms with van der Waals surface area (Å²) in [5.41, 5.74) is 5.82. The second-order valence-electron chi connectivity index (χ2n) is 7.45. The van der Waals surface area contributed by atoms with Gasteiger partial charge in [-0.15, -0.1) is 0 Å². The van der Waals surface area contributed by atoms with Gasteiger partial charge in [0.15, 0.2) is 0 Å². The van der Waals surface area contributed by atoms with Crippen molar-refractivity contribution < 1.29 is 9.47 Å². The number of hydrogen-bond donors (Lipinski definition) is 1. The molecule has 0 amide bonds. The second-order valence-corrected chi connectivity index (χ2v) is 7.45. The third-order valence-electron chi connectivity index (χ3n) is 5.62. The van der Waals surface area contributed by atoms with Gasteiger partial charge >= 0.3 is 0 Å². The van der Waals surface area contributed by atoms with Gasteiger partial charge in [0.25, 0.3) is 0 Å². The zero-order chi connectivity index (χ0) is 18.8. The number of nitrogens with one attached hydrogen (secondary N) is 1. The van der Waals surface area contributed by atoms with Crippen LogP contribution in [0.5, 0.6) is 0 Å². The Hall–Kier alpha value is -2.41. The lowest BCUT2D eigenvalue weighted by atomic mass is 10.1. The average Bonchev–Trinajstić information content (AvgIpc) is 3.18. The number of anilines is 1. The SMILES string of the molecule is c1cc2[nH]c(CN3CCOCC3)cc2c(-c2ccc(N3CCOCC3)cc2)n1. The highest BCUT2D eigenvalue weighted by Gasteiger charge is 2.15. The molecule has 0 bridgehead atoms. The first-order valence-electron chi connectivity index (χ1n) is 10.1. The van der Waals surface area contributed by atoms with Crippen molar-refractivity contribution in [3.63, 3.8) is 0 Å². The molecular formula is C22H26N4O2. The molecule has 0 aliphatic carbocycles. The fraction of sp³-hybridized carbons (Fsp3) is 0.409. The molecule has 5 rings (SSSR count). The standard InChI is InChI=1S/C22H26N4O2/c1-3-19(26-9-13-28-14-10-26)4-2-17(1)22-20-15-18(24-21(20)5-6-23-22)16-25-7-11-27-12-8-25/h1-6,15,24H,7-14,16H2. The Kier molecular flexibility index (Phi) is 4.99. The van der Waals surface area contributed by atoms with Gasteiger partial charge in [-0.25, -0.2) is 0 Å². The van der Waals surface area contributed by atoms with E-state index in [4.69, 9.17) is 14.5 Å². The van der Waals surface area contributed by atoms with Crippen molar-refractivity contribution in [3.05, 3.63) is 48.3 Å². The molecule has 0 spiro atoms. The zero-order valence-electron chi connectivity index (χ0n) is 16.1. The Morgan fingerprint density at radius 1 is 0.893 bits per heavy atom. The second kappa shape index (κ2) is 7.91. The highest BCUT2D eigenvalue weighted by atomic mass is 16.5. The highest BCUT2D eigenvalue weighted by molar-refractivity contribution is 5.93. The van der Waals surface area contributed by atoms with Crippen molar-refractivity contribution in [3.8, 4) is 11.3 Å². The van der Waals surface area contributed by atoms with Crippen LogP contribution in [0.4, 0.5) is 5.69 Å². The lowest BCUT2D eigenvalue weighted by molar-refractivity contribution is 0.0337. The molecule has 0 radical (unpaired) electrons. The maximum atomic E-state index is 5.45. The average molecular weight is 378 g/mol. The molecule has 3 aromatic rings. The summed E-state index contributed by atoms with van der Waals surface area (Å²) in [6.45, 7) is 8.06. The molecule has 6 nitrogen and oxygen atoms in total. The summed E-state index contributed by atoms with van der Waals surface area (Å²) < 4.78 is 10.9. The summed E-state index contributed by atoms with van der Waals surface area (Å²) in [7, 11) is 0. The van der Waals surface area contributed by atoms with Crippen LogP contribution in [0, 0.1) is 0 Å². The number of hydrogen-bond acceptors (Lipinski definition) is 5. The van der Waals surface area contributed by atoms with E-state index in [0.717, 1.165) is 75.9 Å². The van der Waals surface area contributed by atoms with Crippen molar-refractivity contribution in [1.82, 2.24) is 14.9 Å². The molecule has 28 heavy (non-hydrogen) atoms. The molecule has 2 aliphatic heterocycles. The molecule has 0 unspecified atom stereocenters. The molecule has 146 valence electrons. The summed E-state index contributed by atoms with van der Waals surface area (Å²) in [4.78, 5) is 13.1. The normalized spacial score (nSPS) is 18.6. The third kappa shape index (κ3) is 3.63. The van der Waals surface area contributed by atoms with Gasteiger partial charge in [0.1, 0.15) is 0 Å². The predicted octanol–water partition coefficient (Wildman–Crippen LogP) is 2.90. The molecular weight excluding hydrogens is 352 g/mol. The largest absolute Gasteiger partial charge is 0.379 e. The topological polar surface area (TPSA) is 53.6 Å². The van der Waals surface area contributed by atoms with Crippen LogP contribution in [0.25, 0.3) is 22.2 Å². The molecule has 2 saturated heterocycles. The number of ether oxygens (including phenoxy) is 2. The fourth-order valence-electron chi connectivity index (χ4n) is 4.08. The van der Waals surface area contributed by atoms with Gasteiger partial charge < -0.3 is 19.4 Å². The Morgan fingerprint density at radius 3 is 2.36 bits per heavy atom. The van der Waals surface area contributed by atoms with Crippen LogP contribution in [-0.4, -0.2) is 67.5 Å². The lowest BCUT2D eigenvalue weighted by Gasteiger charge is -2.28. The molecule has 2 aromatic heterocycles. The first-order valence-corrected chi connectivity index (χ1v) is 10.1. The minimum absolute atomic E-state index is 0.803. The van der Waals surface area contributed by atoms with E-state index in [1.807, 2.05) is 6.20 Å². The monoisotopic (exact) mass is 378 g/mol. The molecule has 0 saturated carbocycles. The molecule has 1 aromatic carbocycles. The van der Waals surface area contributed by atoms with E-state index in [-0.39, 0.29) is 0 Å². The van der Waals surface area contributed by atoms with Crippen LogP contribution in [0.1, 0.15) is 5.69 Å². The van der Waals surface area contributed by atoms with Gasteiger partial charge in [-0.1, -0.05) is 12.1 Å². The highest BCUT2D eigenvalue weighted by Crippen LogP contribution is 2.29. The molecule has 0 atom stereocenters. The minimum atomic E-state index is 0.803.